The van der Waals surface area contributed by atoms with Crippen LogP contribution in [-0.2, 0) is 21.3 Å². The molecule has 1 aliphatic carbocycles. The van der Waals surface area contributed by atoms with E-state index >= 15 is 0 Å². The molecular weight excluding hydrogens is 350 g/mol. The van der Waals surface area contributed by atoms with E-state index in [1.807, 2.05) is 31.2 Å². The van der Waals surface area contributed by atoms with Crippen LogP contribution in [0.2, 0.25) is 0 Å². The van der Waals surface area contributed by atoms with Crippen LogP contribution in [-0.4, -0.2) is 20.4 Å². The molecule has 26 heavy (non-hydrogen) atoms. The van der Waals surface area contributed by atoms with Crippen molar-refractivity contribution in [1.82, 2.24) is 5.32 Å². The molecule has 1 amide bonds. The molecule has 0 saturated heterocycles. The van der Waals surface area contributed by atoms with E-state index in [-0.39, 0.29) is 29.2 Å². The van der Waals surface area contributed by atoms with Crippen molar-refractivity contribution in [2.45, 2.75) is 56.6 Å². The van der Waals surface area contributed by atoms with Gasteiger partial charge in [-0.3, -0.25) is 4.79 Å². The normalized spacial score (nSPS) is 15.7. The second kappa shape index (κ2) is 8.08. The molecule has 0 spiro atoms. The Kier molecular flexibility index (Phi) is 5.81. The van der Waals surface area contributed by atoms with Gasteiger partial charge in [0.05, 0.1) is 5.75 Å². The van der Waals surface area contributed by atoms with Gasteiger partial charge in [0.15, 0.2) is 15.6 Å². The van der Waals surface area contributed by atoms with Crippen LogP contribution >= 0.6 is 0 Å². The molecule has 1 saturated carbocycles. The summed E-state index contributed by atoms with van der Waals surface area (Å²) in [5, 5.41) is 2.97. The van der Waals surface area contributed by atoms with Crippen molar-refractivity contribution >= 4 is 15.7 Å². The first-order chi connectivity index (χ1) is 12.4. The Morgan fingerprint density at radius 1 is 1.04 bits per heavy atom. The Labute approximate surface area is 154 Å². The van der Waals surface area contributed by atoms with Crippen LogP contribution in [0.4, 0.5) is 0 Å². The predicted octanol–water partition coefficient (Wildman–Crippen LogP) is 3.77. The molecule has 1 aromatic heterocycles. The lowest BCUT2D eigenvalue weighted by atomic mass is 9.95. The van der Waals surface area contributed by atoms with Crippen LogP contribution in [0.1, 0.15) is 59.5 Å². The number of hydrogen-bond donors (Lipinski definition) is 1. The minimum atomic E-state index is -3.37. The zero-order valence-corrected chi connectivity index (χ0v) is 15.8. The van der Waals surface area contributed by atoms with E-state index in [0.29, 0.717) is 5.76 Å². The maximum atomic E-state index is 12.4. The number of carbonyl (C=O) groups excluding carboxylic acids is 1. The third kappa shape index (κ3) is 5.21. The summed E-state index contributed by atoms with van der Waals surface area (Å²) >= 11 is 0. The highest BCUT2D eigenvalue weighted by Gasteiger charge is 2.21. The van der Waals surface area contributed by atoms with Crippen molar-refractivity contribution < 1.29 is 17.6 Å². The maximum absolute atomic E-state index is 12.4. The first kappa shape index (κ1) is 18.7. The van der Waals surface area contributed by atoms with Crippen molar-refractivity contribution in [2.24, 2.45) is 0 Å². The van der Waals surface area contributed by atoms with Gasteiger partial charge in [-0.25, -0.2) is 8.42 Å². The number of benzene rings is 1. The fraction of sp³-hybridized carbons (Fsp3) is 0.450. The second-order valence-electron chi connectivity index (χ2n) is 7.09. The highest BCUT2D eigenvalue weighted by molar-refractivity contribution is 7.89. The zero-order chi connectivity index (χ0) is 18.6. The number of furan rings is 1. The van der Waals surface area contributed by atoms with Crippen LogP contribution in [0.5, 0.6) is 0 Å². The van der Waals surface area contributed by atoms with Crippen molar-refractivity contribution in [3.8, 4) is 0 Å². The Balaban J connectivity index is 1.59. The van der Waals surface area contributed by atoms with Crippen LogP contribution < -0.4 is 5.32 Å². The molecular formula is C20H25NO4S. The first-order valence-electron chi connectivity index (χ1n) is 9.07. The van der Waals surface area contributed by atoms with Gasteiger partial charge in [0.1, 0.15) is 11.5 Å². The fourth-order valence-corrected chi connectivity index (χ4v) is 4.68. The van der Waals surface area contributed by atoms with Gasteiger partial charge in [-0.2, -0.15) is 0 Å². The molecule has 0 atom stereocenters. The number of nitrogens with one attached hydrogen (secondary N) is 1. The van der Waals surface area contributed by atoms with Crippen molar-refractivity contribution in [2.75, 3.05) is 0 Å². The number of rotatable bonds is 6. The van der Waals surface area contributed by atoms with E-state index in [1.165, 1.54) is 6.42 Å². The molecule has 1 heterocycles. The van der Waals surface area contributed by atoms with E-state index in [4.69, 9.17) is 4.42 Å². The molecule has 6 heteroatoms. The third-order valence-corrected chi connectivity index (χ3v) is 6.19. The number of amides is 1. The third-order valence-electron chi connectivity index (χ3n) is 4.70. The molecule has 1 aliphatic rings. The molecule has 3 rings (SSSR count). The summed E-state index contributed by atoms with van der Waals surface area (Å²) in [7, 11) is -3.37. The average Bonchev–Trinajstić information content (AvgIpc) is 3.05. The van der Waals surface area contributed by atoms with Gasteiger partial charge < -0.3 is 9.73 Å². The lowest BCUT2D eigenvalue weighted by Gasteiger charge is -2.22. The Bertz CT molecular complexity index is 846. The van der Waals surface area contributed by atoms with Crippen LogP contribution in [0.25, 0.3) is 0 Å². The monoisotopic (exact) mass is 375 g/mol. The van der Waals surface area contributed by atoms with E-state index in [2.05, 4.69) is 5.32 Å². The van der Waals surface area contributed by atoms with Crippen molar-refractivity contribution in [3.63, 3.8) is 0 Å². The Morgan fingerprint density at radius 3 is 2.42 bits per heavy atom. The van der Waals surface area contributed by atoms with E-state index in [1.54, 1.807) is 12.1 Å². The number of hydrogen-bond acceptors (Lipinski definition) is 4. The second-order valence-corrected chi connectivity index (χ2v) is 9.16. The molecule has 0 aliphatic heterocycles. The summed E-state index contributed by atoms with van der Waals surface area (Å²) in [6, 6.07) is 10.7. The van der Waals surface area contributed by atoms with Gasteiger partial charge >= 0.3 is 0 Å². The lowest BCUT2D eigenvalue weighted by molar-refractivity contribution is 0.0898. The molecule has 140 valence electrons. The molecule has 1 aromatic carbocycles. The quantitative estimate of drug-likeness (QED) is 0.834. The summed E-state index contributed by atoms with van der Waals surface area (Å²) in [6.07, 6.45) is 5.46. The highest BCUT2D eigenvalue weighted by Crippen LogP contribution is 2.19. The zero-order valence-electron chi connectivity index (χ0n) is 15.0. The number of sulfone groups is 1. The summed E-state index contributed by atoms with van der Waals surface area (Å²) in [5.41, 5.74) is 1.84. The number of aryl methyl sites for hydroxylation is 1. The van der Waals surface area contributed by atoms with Gasteiger partial charge in [-0.05, 0) is 37.5 Å². The van der Waals surface area contributed by atoms with Crippen molar-refractivity contribution in [3.05, 3.63) is 59.0 Å². The molecule has 2 aromatic rings. The van der Waals surface area contributed by atoms with Crippen LogP contribution in [0, 0.1) is 6.92 Å². The van der Waals surface area contributed by atoms with Gasteiger partial charge in [-0.15, -0.1) is 0 Å². The summed E-state index contributed by atoms with van der Waals surface area (Å²) in [5.74, 6) is -0.0454. The van der Waals surface area contributed by atoms with Gasteiger partial charge in [0.2, 0.25) is 0 Å². The fourth-order valence-electron chi connectivity index (χ4n) is 3.29. The molecule has 1 N–H and O–H groups in total. The van der Waals surface area contributed by atoms with E-state index in [9.17, 15) is 13.2 Å². The molecule has 0 bridgehead atoms. The van der Waals surface area contributed by atoms with E-state index in [0.717, 1.165) is 36.8 Å². The smallest absolute Gasteiger partial charge is 0.287 e. The summed E-state index contributed by atoms with van der Waals surface area (Å²) in [6.45, 7) is 1.96. The largest absolute Gasteiger partial charge is 0.455 e. The highest BCUT2D eigenvalue weighted by atomic mass is 32.2. The average molecular weight is 375 g/mol. The summed E-state index contributed by atoms with van der Waals surface area (Å²) in [4.78, 5) is 12.3. The van der Waals surface area contributed by atoms with Crippen molar-refractivity contribution in [1.29, 1.82) is 0 Å². The number of carbonyl (C=O) groups is 1. The molecule has 0 unspecified atom stereocenters. The first-order valence-corrected chi connectivity index (χ1v) is 10.9. The van der Waals surface area contributed by atoms with Gasteiger partial charge in [-0.1, -0.05) is 49.1 Å². The minimum Gasteiger partial charge on any atom is -0.455 e. The Morgan fingerprint density at radius 2 is 1.73 bits per heavy atom. The predicted molar refractivity (Wildman–Crippen MR) is 101 cm³/mol. The van der Waals surface area contributed by atoms with E-state index < -0.39 is 9.84 Å². The van der Waals surface area contributed by atoms with Crippen LogP contribution in [0.15, 0.2) is 40.8 Å². The maximum Gasteiger partial charge on any atom is 0.287 e. The molecule has 1 fully saturated rings. The van der Waals surface area contributed by atoms with Gasteiger partial charge in [0, 0.05) is 6.04 Å². The lowest BCUT2D eigenvalue weighted by Crippen LogP contribution is -2.35. The standard InChI is InChI=1S/C20H25NO4S/c1-15-7-9-16(10-8-15)13-26(23,24)14-18-11-12-19(25-18)20(22)21-17-5-3-2-4-6-17/h7-12,17H,2-6,13-14H2,1H3,(H,21,22). The summed E-state index contributed by atoms with van der Waals surface area (Å²) < 4.78 is 30.3. The SMILES string of the molecule is Cc1ccc(CS(=O)(=O)Cc2ccc(C(=O)NC3CCCCC3)o2)cc1. The topological polar surface area (TPSA) is 76.4 Å². The minimum absolute atomic E-state index is 0.0441. The Hall–Kier alpha value is -2.08. The van der Waals surface area contributed by atoms with Crippen LogP contribution in [0.3, 0.4) is 0 Å². The molecule has 5 nitrogen and oxygen atoms in total. The molecule has 0 radical (unpaired) electrons. The van der Waals surface area contributed by atoms with Gasteiger partial charge in [0.25, 0.3) is 5.91 Å².